The topological polar surface area (TPSA) is 65.4 Å². The minimum absolute atomic E-state index is 0.143. The molecule has 0 unspecified atom stereocenters. The number of nitrogens with one attached hydrogen (secondary N) is 1. The molecule has 6 nitrogen and oxygen atoms in total. The molecule has 2 heterocycles. The molecule has 1 aromatic carbocycles. The third-order valence-electron chi connectivity index (χ3n) is 3.52. The number of ether oxygens (including phenoxy) is 2. The summed E-state index contributed by atoms with van der Waals surface area (Å²) < 4.78 is 12.6. The van der Waals surface area contributed by atoms with Gasteiger partial charge in [-0.2, -0.15) is 5.10 Å². The highest BCUT2D eigenvalue weighted by molar-refractivity contribution is 5.93. The molecule has 0 saturated carbocycles. The molecule has 0 saturated heterocycles. The van der Waals surface area contributed by atoms with E-state index in [0.29, 0.717) is 18.8 Å². The number of hydrogen-bond donors (Lipinski definition) is 1. The maximum Gasteiger partial charge on any atom is 0.271 e. The van der Waals surface area contributed by atoms with E-state index in [0.717, 1.165) is 29.2 Å². The molecular weight excluding hydrogens is 282 g/mol. The second kappa shape index (κ2) is 6.09. The summed E-state index contributed by atoms with van der Waals surface area (Å²) in [5, 5.41) is 7.23. The van der Waals surface area contributed by atoms with Crippen LogP contribution in [0.3, 0.4) is 0 Å². The van der Waals surface area contributed by atoms with Crippen LogP contribution in [0.1, 0.15) is 30.8 Å². The molecule has 1 aliphatic heterocycles. The molecule has 0 bridgehead atoms. The van der Waals surface area contributed by atoms with Gasteiger partial charge in [0.05, 0.1) is 5.69 Å². The number of hydrogen-bond acceptors (Lipinski definition) is 4. The van der Waals surface area contributed by atoms with E-state index >= 15 is 0 Å². The monoisotopic (exact) mass is 301 g/mol. The van der Waals surface area contributed by atoms with Crippen LogP contribution in [0.25, 0.3) is 11.3 Å². The summed E-state index contributed by atoms with van der Waals surface area (Å²) in [6, 6.07) is 7.55. The lowest BCUT2D eigenvalue weighted by Crippen LogP contribution is -2.24. The highest BCUT2D eigenvalue weighted by atomic mass is 16.7. The number of aryl methyl sites for hydroxylation is 1. The van der Waals surface area contributed by atoms with Crippen LogP contribution >= 0.6 is 0 Å². The van der Waals surface area contributed by atoms with Gasteiger partial charge >= 0.3 is 0 Å². The Morgan fingerprint density at radius 2 is 2.09 bits per heavy atom. The smallest absolute Gasteiger partial charge is 0.271 e. The van der Waals surface area contributed by atoms with Crippen molar-refractivity contribution >= 4 is 5.91 Å². The maximum absolute atomic E-state index is 12.1. The van der Waals surface area contributed by atoms with Crippen molar-refractivity contribution < 1.29 is 14.3 Å². The number of aromatic nitrogens is 2. The van der Waals surface area contributed by atoms with Crippen LogP contribution in [0.5, 0.6) is 11.5 Å². The summed E-state index contributed by atoms with van der Waals surface area (Å²) in [4.78, 5) is 12.1. The Morgan fingerprint density at radius 3 is 2.86 bits per heavy atom. The summed E-state index contributed by atoms with van der Waals surface area (Å²) >= 11 is 0. The predicted molar refractivity (Wildman–Crippen MR) is 82.1 cm³/mol. The lowest BCUT2D eigenvalue weighted by atomic mass is 10.1. The van der Waals surface area contributed by atoms with Gasteiger partial charge in [-0.05, 0) is 37.6 Å². The Hall–Kier alpha value is -2.50. The molecule has 1 N–H and O–H groups in total. The van der Waals surface area contributed by atoms with Crippen molar-refractivity contribution in [3.63, 3.8) is 0 Å². The SMILES string of the molecule is CCCNC(=O)c1cc(-c2ccc3c(c2)OCO3)n(CC)n1. The lowest BCUT2D eigenvalue weighted by molar-refractivity contribution is 0.0948. The normalized spacial score (nSPS) is 12.5. The minimum Gasteiger partial charge on any atom is -0.454 e. The van der Waals surface area contributed by atoms with Crippen LogP contribution in [0.2, 0.25) is 0 Å². The van der Waals surface area contributed by atoms with Crippen LogP contribution in [-0.2, 0) is 6.54 Å². The molecular formula is C16H19N3O3. The number of fused-ring (bicyclic) bond motifs is 1. The van der Waals surface area contributed by atoms with Crippen LogP contribution in [0.15, 0.2) is 24.3 Å². The number of nitrogens with zero attached hydrogens (tertiary/aromatic N) is 2. The minimum atomic E-state index is -0.143. The van der Waals surface area contributed by atoms with Crippen molar-refractivity contribution in [3.8, 4) is 22.8 Å². The van der Waals surface area contributed by atoms with Gasteiger partial charge in [-0.1, -0.05) is 6.92 Å². The van der Waals surface area contributed by atoms with Crippen molar-refractivity contribution in [3.05, 3.63) is 30.0 Å². The number of benzene rings is 1. The Kier molecular flexibility index (Phi) is 4.00. The van der Waals surface area contributed by atoms with Gasteiger partial charge in [0.1, 0.15) is 0 Å². The Balaban J connectivity index is 1.93. The van der Waals surface area contributed by atoms with Crippen molar-refractivity contribution in [1.29, 1.82) is 0 Å². The predicted octanol–water partition coefficient (Wildman–Crippen LogP) is 2.44. The van der Waals surface area contributed by atoms with Crippen molar-refractivity contribution in [1.82, 2.24) is 15.1 Å². The van der Waals surface area contributed by atoms with E-state index in [1.54, 1.807) is 0 Å². The van der Waals surface area contributed by atoms with E-state index in [4.69, 9.17) is 9.47 Å². The number of carbonyl (C=O) groups excluding carboxylic acids is 1. The fraction of sp³-hybridized carbons (Fsp3) is 0.375. The summed E-state index contributed by atoms with van der Waals surface area (Å²) in [6.45, 7) is 5.60. The molecule has 1 aromatic heterocycles. The summed E-state index contributed by atoms with van der Waals surface area (Å²) in [6.07, 6.45) is 0.898. The van der Waals surface area contributed by atoms with E-state index in [1.165, 1.54) is 0 Å². The standard InChI is InChI=1S/C16H19N3O3/c1-3-7-17-16(20)12-9-13(19(4-2)18-12)11-5-6-14-15(8-11)22-10-21-14/h5-6,8-9H,3-4,7,10H2,1-2H3,(H,17,20). The molecule has 0 fully saturated rings. The molecule has 0 spiro atoms. The first kappa shape index (κ1) is 14.4. The van der Waals surface area contributed by atoms with Gasteiger partial charge in [-0.25, -0.2) is 0 Å². The zero-order valence-corrected chi connectivity index (χ0v) is 12.8. The zero-order chi connectivity index (χ0) is 15.5. The van der Waals surface area contributed by atoms with Crippen LogP contribution in [-0.4, -0.2) is 29.0 Å². The number of amides is 1. The van der Waals surface area contributed by atoms with Gasteiger partial charge in [-0.3, -0.25) is 9.48 Å². The van der Waals surface area contributed by atoms with E-state index in [9.17, 15) is 4.79 Å². The van der Waals surface area contributed by atoms with E-state index in [-0.39, 0.29) is 12.7 Å². The van der Waals surface area contributed by atoms with Crippen molar-refractivity contribution in [2.24, 2.45) is 0 Å². The summed E-state index contributed by atoms with van der Waals surface area (Å²) in [5.74, 6) is 1.32. The number of carbonyl (C=O) groups is 1. The first-order valence-corrected chi connectivity index (χ1v) is 7.49. The Bertz CT molecular complexity index is 694. The van der Waals surface area contributed by atoms with Gasteiger partial charge in [0, 0.05) is 18.7 Å². The lowest BCUT2D eigenvalue weighted by Gasteiger charge is -2.05. The molecule has 0 aliphatic carbocycles. The van der Waals surface area contributed by atoms with Gasteiger partial charge < -0.3 is 14.8 Å². The highest BCUT2D eigenvalue weighted by Gasteiger charge is 2.18. The van der Waals surface area contributed by atoms with Crippen LogP contribution in [0, 0.1) is 0 Å². The van der Waals surface area contributed by atoms with Gasteiger partial charge in [-0.15, -0.1) is 0 Å². The molecule has 3 rings (SSSR count). The first-order valence-electron chi connectivity index (χ1n) is 7.49. The molecule has 0 atom stereocenters. The van der Waals surface area contributed by atoms with E-state index < -0.39 is 0 Å². The quantitative estimate of drug-likeness (QED) is 0.921. The molecule has 6 heteroatoms. The molecule has 0 radical (unpaired) electrons. The first-order chi connectivity index (χ1) is 10.7. The largest absolute Gasteiger partial charge is 0.454 e. The average Bonchev–Trinajstić information content (AvgIpc) is 3.17. The third-order valence-corrected chi connectivity index (χ3v) is 3.52. The van der Waals surface area contributed by atoms with Crippen LogP contribution in [0.4, 0.5) is 0 Å². The molecule has 116 valence electrons. The van der Waals surface area contributed by atoms with E-state index in [1.807, 2.05) is 42.8 Å². The average molecular weight is 301 g/mol. The Morgan fingerprint density at radius 1 is 1.27 bits per heavy atom. The Labute approximate surface area is 129 Å². The second-order valence-corrected chi connectivity index (χ2v) is 5.05. The van der Waals surface area contributed by atoms with Gasteiger partial charge in [0.15, 0.2) is 17.2 Å². The van der Waals surface area contributed by atoms with Gasteiger partial charge in [0.25, 0.3) is 5.91 Å². The highest BCUT2D eigenvalue weighted by Crippen LogP contribution is 2.36. The molecule has 1 aliphatic rings. The fourth-order valence-corrected chi connectivity index (χ4v) is 2.39. The summed E-state index contributed by atoms with van der Waals surface area (Å²) in [7, 11) is 0. The third kappa shape index (κ3) is 2.64. The molecule has 2 aromatic rings. The molecule has 22 heavy (non-hydrogen) atoms. The van der Waals surface area contributed by atoms with Gasteiger partial charge in [0.2, 0.25) is 6.79 Å². The fourth-order valence-electron chi connectivity index (χ4n) is 2.39. The second-order valence-electron chi connectivity index (χ2n) is 5.05. The van der Waals surface area contributed by atoms with Crippen molar-refractivity contribution in [2.45, 2.75) is 26.8 Å². The van der Waals surface area contributed by atoms with Crippen LogP contribution < -0.4 is 14.8 Å². The zero-order valence-electron chi connectivity index (χ0n) is 12.8. The molecule has 1 amide bonds. The number of rotatable bonds is 5. The van der Waals surface area contributed by atoms with Crippen molar-refractivity contribution in [2.75, 3.05) is 13.3 Å². The van der Waals surface area contributed by atoms with E-state index in [2.05, 4.69) is 10.4 Å². The maximum atomic E-state index is 12.1. The summed E-state index contributed by atoms with van der Waals surface area (Å²) in [5.41, 5.74) is 2.28.